The van der Waals surface area contributed by atoms with Crippen LogP contribution < -0.4 is 9.64 Å². The maximum Gasteiger partial charge on any atom is 0.253 e. The van der Waals surface area contributed by atoms with Crippen LogP contribution in [0.4, 0.5) is 5.69 Å². The Kier molecular flexibility index (Phi) is 7.72. The molecule has 3 fully saturated rings. The number of likely N-dealkylation sites (tertiary alicyclic amines) is 1. The first-order chi connectivity index (χ1) is 18.1. The number of hydrogen-bond donors (Lipinski definition) is 1. The van der Waals surface area contributed by atoms with Crippen LogP contribution in [0.3, 0.4) is 0 Å². The number of ether oxygens (including phenoxy) is 2. The summed E-state index contributed by atoms with van der Waals surface area (Å²) >= 11 is 0. The number of rotatable bonds is 11. The van der Waals surface area contributed by atoms with Crippen LogP contribution in [-0.4, -0.2) is 90.3 Å². The van der Waals surface area contributed by atoms with Gasteiger partial charge in [-0.05, 0) is 49.9 Å². The summed E-state index contributed by atoms with van der Waals surface area (Å²) in [6.45, 7) is 12.1. The number of hydrogen-bond acceptors (Lipinski definition) is 6. The minimum absolute atomic E-state index is 0.0560. The fraction of sp³-hybridized carbons (Fsp3) is 0.552. The number of carbonyl (C=O) groups excluding carboxylic acids is 3. The molecular formula is C29H39N3O6. The van der Waals surface area contributed by atoms with Gasteiger partial charge in [-0.25, -0.2) is 0 Å². The van der Waals surface area contributed by atoms with Crippen molar-refractivity contribution in [3.63, 3.8) is 0 Å². The van der Waals surface area contributed by atoms with Gasteiger partial charge in [-0.1, -0.05) is 19.1 Å². The van der Waals surface area contributed by atoms with Crippen LogP contribution in [0.15, 0.2) is 49.6 Å². The van der Waals surface area contributed by atoms with Crippen LogP contribution >= 0.6 is 0 Å². The van der Waals surface area contributed by atoms with E-state index in [-0.39, 0.29) is 43.3 Å². The lowest BCUT2D eigenvalue weighted by atomic mass is 9.62. The van der Waals surface area contributed by atoms with Crippen molar-refractivity contribution in [1.82, 2.24) is 9.80 Å². The van der Waals surface area contributed by atoms with E-state index in [1.54, 1.807) is 60.4 Å². The summed E-state index contributed by atoms with van der Waals surface area (Å²) in [7, 11) is 3.27. The van der Waals surface area contributed by atoms with Crippen molar-refractivity contribution in [2.24, 2.45) is 17.8 Å². The molecule has 3 heterocycles. The molecule has 0 aliphatic carbocycles. The van der Waals surface area contributed by atoms with E-state index in [0.717, 1.165) is 0 Å². The maximum atomic E-state index is 14.5. The van der Waals surface area contributed by atoms with E-state index in [9.17, 15) is 19.5 Å². The molecule has 1 N–H and O–H groups in total. The van der Waals surface area contributed by atoms with Crippen LogP contribution in [0.5, 0.6) is 5.75 Å². The Labute approximate surface area is 224 Å². The molecule has 9 heteroatoms. The molecule has 3 aliphatic heterocycles. The molecule has 0 aromatic heterocycles. The van der Waals surface area contributed by atoms with Crippen molar-refractivity contribution in [3.8, 4) is 5.75 Å². The summed E-state index contributed by atoms with van der Waals surface area (Å²) < 4.78 is 12.0. The average molecular weight is 526 g/mol. The second-order valence-corrected chi connectivity index (χ2v) is 10.8. The Morgan fingerprint density at radius 2 is 1.87 bits per heavy atom. The fourth-order valence-electron chi connectivity index (χ4n) is 6.76. The molecule has 9 nitrogen and oxygen atoms in total. The molecular weight excluding hydrogens is 486 g/mol. The molecule has 206 valence electrons. The number of carbonyl (C=O) groups is 3. The van der Waals surface area contributed by atoms with E-state index >= 15 is 0 Å². The Balaban J connectivity index is 1.81. The van der Waals surface area contributed by atoms with Crippen molar-refractivity contribution < 1.29 is 29.0 Å². The van der Waals surface area contributed by atoms with Gasteiger partial charge in [-0.2, -0.15) is 0 Å². The lowest BCUT2D eigenvalue weighted by molar-refractivity contribution is -0.150. The molecule has 2 bridgehead atoms. The molecule has 3 saturated heterocycles. The van der Waals surface area contributed by atoms with Gasteiger partial charge in [0, 0.05) is 39.0 Å². The Bertz CT molecular complexity index is 1110. The van der Waals surface area contributed by atoms with E-state index in [1.165, 1.54) is 4.90 Å². The number of aliphatic hydroxyl groups is 1. The quantitative estimate of drug-likeness (QED) is 0.445. The number of methoxy groups -OCH3 is 1. The topological polar surface area (TPSA) is 99.6 Å². The SMILES string of the molecule is C=CCN(C)C(=O)[C@@H]1[C@H]2C(=O)N(CCCO)C(C(=O)N(CC=C)c3ccc(OC)cc3)C23CC(C)[C@@]1(C)O3. The Hall–Kier alpha value is -3.17. The zero-order valence-corrected chi connectivity index (χ0v) is 22.8. The number of amides is 3. The van der Waals surface area contributed by atoms with E-state index in [2.05, 4.69) is 13.2 Å². The standard InChI is InChI=1S/C29H39N3O6/c1-7-14-30(5)25(34)22-23-26(35)32(16-9-17-33)24(29(23)18-19(3)28(22,4)38-29)27(36)31(15-8-2)20-10-12-21(37-6)13-11-20/h7-8,10-13,19,22-24,33H,1-2,9,14-18H2,3-6H3/t19?,22-,23-,24?,28+,29?/m0/s1. The second-order valence-electron chi connectivity index (χ2n) is 10.8. The predicted octanol–water partition coefficient (Wildman–Crippen LogP) is 2.25. The third kappa shape index (κ3) is 4.12. The summed E-state index contributed by atoms with van der Waals surface area (Å²) in [5, 5.41) is 9.59. The molecule has 3 unspecified atom stereocenters. The highest BCUT2D eigenvalue weighted by molar-refractivity contribution is 6.05. The van der Waals surface area contributed by atoms with E-state index in [1.807, 2.05) is 13.8 Å². The summed E-state index contributed by atoms with van der Waals surface area (Å²) in [5.74, 6) is -1.68. The minimum Gasteiger partial charge on any atom is -0.497 e. The van der Waals surface area contributed by atoms with Gasteiger partial charge in [0.1, 0.15) is 17.4 Å². The van der Waals surface area contributed by atoms with E-state index < -0.39 is 29.1 Å². The van der Waals surface area contributed by atoms with E-state index in [0.29, 0.717) is 30.8 Å². The summed E-state index contributed by atoms with van der Waals surface area (Å²) in [4.78, 5) is 47.0. The van der Waals surface area contributed by atoms with Gasteiger partial charge < -0.3 is 29.3 Å². The highest BCUT2D eigenvalue weighted by Crippen LogP contribution is 2.65. The maximum absolute atomic E-state index is 14.5. The summed E-state index contributed by atoms with van der Waals surface area (Å²) in [6, 6.07) is 6.18. The van der Waals surface area contributed by atoms with Gasteiger partial charge >= 0.3 is 0 Å². The second kappa shape index (κ2) is 10.5. The third-order valence-corrected chi connectivity index (χ3v) is 8.61. The van der Waals surface area contributed by atoms with E-state index in [4.69, 9.17) is 9.47 Å². The van der Waals surface area contributed by atoms with Crippen LogP contribution in [0.2, 0.25) is 0 Å². The normalized spacial score (nSPS) is 31.2. The van der Waals surface area contributed by atoms with Gasteiger partial charge in [-0.3, -0.25) is 14.4 Å². The predicted molar refractivity (Wildman–Crippen MR) is 144 cm³/mol. The number of benzene rings is 1. The molecule has 0 saturated carbocycles. The lowest BCUT2D eigenvalue weighted by Crippen LogP contribution is -2.57. The van der Waals surface area contributed by atoms with Gasteiger partial charge in [0.05, 0.1) is 24.5 Å². The Morgan fingerprint density at radius 1 is 1.21 bits per heavy atom. The lowest BCUT2D eigenvalue weighted by Gasteiger charge is -2.38. The zero-order chi connectivity index (χ0) is 27.8. The Morgan fingerprint density at radius 3 is 2.45 bits per heavy atom. The molecule has 0 radical (unpaired) electrons. The van der Waals surface area contributed by atoms with Crippen molar-refractivity contribution in [2.45, 2.75) is 43.9 Å². The average Bonchev–Trinajstić information content (AvgIpc) is 3.41. The van der Waals surface area contributed by atoms with Gasteiger partial charge in [-0.15, -0.1) is 13.2 Å². The molecule has 1 aromatic rings. The van der Waals surface area contributed by atoms with Crippen molar-refractivity contribution in [1.29, 1.82) is 0 Å². The monoisotopic (exact) mass is 525 g/mol. The van der Waals surface area contributed by atoms with Crippen LogP contribution in [0, 0.1) is 17.8 Å². The minimum atomic E-state index is -1.15. The summed E-state index contributed by atoms with van der Waals surface area (Å²) in [6.07, 6.45) is 4.07. The van der Waals surface area contributed by atoms with Crippen LogP contribution in [0.25, 0.3) is 0 Å². The fourth-order valence-corrected chi connectivity index (χ4v) is 6.76. The number of fused-ring (bicyclic) bond motifs is 1. The first kappa shape index (κ1) is 27.9. The molecule has 3 amide bonds. The zero-order valence-electron chi connectivity index (χ0n) is 22.8. The number of likely N-dealkylation sites (N-methyl/N-ethyl adjacent to an activating group) is 1. The van der Waals surface area contributed by atoms with Crippen LogP contribution in [0.1, 0.15) is 26.7 Å². The van der Waals surface area contributed by atoms with Gasteiger partial charge in [0.15, 0.2) is 0 Å². The van der Waals surface area contributed by atoms with Crippen molar-refractivity contribution >= 4 is 23.4 Å². The largest absolute Gasteiger partial charge is 0.497 e. The molecule has 3 aliphatic rings. The van der Waals surface area contributed by atoms with Gasteiger partial charge in [0.2, 0.25) is 11.8 Å². The van der Waals surface area contributed by atoms with Crippen molar-refractivity contribution in [2.75, 3.05) is 45.3 Å². The molecule has 6 atom stereocenters. The van der Waals surface area contributed by atoms with Crippen molar-refractivity contribution in [3.05, 3.63) is 49.6 Å². The van der Waals surface area contributed by atoms with Crippen LogP contribution in [-0.2, 0) is 19.1 Å². The number of nitrogens with zero attached hydrogens (tertiary/aromatic N) is 3. The first-order valence-electron chi connectivity index (χ1n) is 13.1. The number of aliphatic hydroxyl groups excluding tert-OH is 1. The molecule has 4 rings (SSSR count). The molecule has 1 aromatic carbocycles. The summed E-state index contributed by atoms with van der Waals surface area (Å²) in [5.41, 5.74) is -1.41. The first-order valence-corrected chi connectivity index (χ1v) is 13.1. The smallest absolute Gasteiger partial charge is 0.253 e. The molecule has 1 spiro atoms. The highest BCUT2D eigenvalue weighted by Gasteiger charge is 2.80. The number of anilines is 1. The highest BCUT2D eigenvalue weighted by atomic mass is 16.5. The molecule has 38 heavy (non-hydrogen) atoms. The third-order valence-electron chi connectivity index (χ3n) is 8.61. The van der Waals surface area contributed by atoms with Gasteiger partial charge in [0.25, 0.3) is 5.91 Å².